The van der Waals surface area contributed by atoms with Crippen LogP contribution in [0.15, 0.2) is 54.7 Å². The van der Waals surface area contributed by atoms with Gasteiger partial charge < -0.3 is 20.5 Å². The highest BCUT2D eigenvalue weighted by molar-refractivity contribution is 5.98. The Morgan fingerprint density at radius 3 is 2.62 bits per heavy atom. The van der Waals surface area contributed by atoms with Crippen LogP contribution in [0.4, 0.5) is 17.6 Å². The van der Waals surface area contributed by atoms with Crippen LogP contribution in [0.1, 0.15) is 60.5 Å². The minimum atomic E-state index is -5.09. The van der Waals surface area contributed by atoms with E-state index in [1.54, 1.807) is 12.1 Å². The second-order valence-electron chi connectivity index (χ2n) is 8.91. The summed E-state index contributed by atoms with van der Waals surface area (Å²) in [5, 5.41) is 18.7. The highest BCUT2D eigenvalue weighted by atomic mass is 19.4. The van der Waals surface area contributed by atoms with Crippen LogP contribution in [0.5, 0.6) is 5.75 Å². The van der Waals surface area contributed by atoms with Gasteiger partial charge in [-0.15, -0.1) is 13.2 Å². The largest absolute Gasteiger partial charge is 0.573 e. The topological polar surface area (TPSA) is 135 Å². The average molecular weight is 557 g/mol. The molecule has 2 aromatic heterocycles. The minimum absolute atomic E-state index is 0.00148. The Hall–Kier alpha value is -5.01. The average Bonchev–Trinajstić information content (AvgIpc) is 3.54. The predicted octanol–water partition coefficient (Wildman–Crippen LogP) is 3.81. The van der Waals surface area contributed by atoms with Crippen LogP contribution in [-0.4, -0.2) is 43.9 Å². The van der Waals surface area contributed by atoms with Gasteiger partial charge in [0.15, 0.2) is 17.2 Å². The normalized spacial score (nSPS) is 14.6. The summed E-state index contributed by atoms with van der Waals surface area (Å²) in [6.45, 7) is -0.280. The van der Waals surface area contributed by atoms with Crippen molar-refractivity contribution in [1.29, 1.82) is 0 Å². The molecule has 1 atom stereocenters. The summed E-state index contributed by atoms with van der Waals surface area (Å²) in [6.07, 6.45) is -2.59. The number of carboxylic acid groups (broad SMARTS) is 1. The Kier molecular flexibility index (Phi) is 6.83. The van der Waals surface area contributed by atoms with E-state index in [-0.39, 0.29) is 34.7 Å². The summed E-state index contributed by atoms with van der Waals surface area (Å²) >= 11 is 0. The third-order valence-corrected chi connectivity index (χ3v) is 6.27. The number of fused-ring (bicyclic) bond motifs is 2. The zero-order valence-corrected chi connectivity index (χ0v) is 20.3. The lowest BCUT2D eigenvalue weighted by atomic mass is 10.0. The number of carbonyl (C=O) groups excluding carboxylic acids is 2. The molecule has 0 saturated heterocycles. The molecule has 0 fully saturated rings. The van der Waals surface area contributed by atoms with Gasteiger partial charge in [-0.05, 0) is 53.8 Å². The van der Waals surface area contributed by atoms with E-state index in [0.717, 1.165) is 23.3 Å². The van der Waals surface area contributed by atoms with E-state index in [1.807, 2.05) is 0 Å². The van der Waals surface area contributed by atoms with Crippen molar-refractivity contribution in [3.05, 3.63) is 94.2 Å². The van der Waals surface area contributed by atoms with Crippen molar-refractivity contribution in [2.24, 2.45) is 0 Å². The molecule has 4 aromatic rings. The monoisotopic (exact) mass is 557 g/mol. The van der Waals surface area contributed by atoms with Crippen molar-refractivity contribution in [3.8, 4) is 5.75 Å². The summed E-state index contributed by atoms with van der Waals surface area (Å²) in [5.41, 5.74) is 1.91. The van der Waals surface area contributed by atoms with Crippen LogP contribution < -0.4 is 15.4 Å². The number of hydrogen-bond acceptors (Lipinski definition) is 6. The third-order valence-electron chi connectivity index (χ3n) is 6.27. The second-order valence-corrected chi connectivity index (χ2v) is 8.91. The fraction of sp³-hybridized carbons (Fsp3) is 0.192. The Morgan fingerprint density at radius 2 is 1.88 bits per heavy atom. The SMILES string of the molecule is O=C(O)c1ccc2c(c1)CC[C@@H]2NC(=O)c1cc(C(=O)NCc2ccc(F)c(OC(F)(F)F)c2)nc2ccnn12. The van der Waals surface area contributed by atoms with Crippen molar-refractivity contribution in [2.45, 2.75) is 31.8 Å². The first-order valence-corrected chi connectivity index (χ1v) is 11.8. The molecular formula is C26H19F4N5O5. The number of aromatic nitrogens is 3. The van der Waals surface area contributed by atoms with Crippen LogP contribution in [0, 0.1) is 5.82 Å². The van der Waals surface area contributed by atoms with Gasteiger partial charge in [-0.25, -0.2) is 18.7 Å². The molecule has 14 heteroatoms. The molecule has 1 aliphatic rings. The van der Waals surface area contributed by atoms with E-state index in [2.05, 4.69) is 25.5 Å². The number of nitrogens with one attached hydrogen (secondary N) is 2. The first-order valence-electron chi connectivity index (χ1n) is 11.8. The van der Waals surface area contributed by atoms with Crippen LogP contribution in [0.3, 0.4) is 0 Å². The molecule has 2 amide bonds. The first-order chi connectivity index (χ1) is 19.0. The maximum atomic E-state index is 13.7. The number of carbonyl (C=O) groups is 3. The number of halogens is 4. The van der Waals surface area contributed by atoms with Crippen molar-refractivity contribution in [2.75, 3.05) is 0 Å². The highest BCUT2D eigenvalue weighted by Gasteiger charge is 2.32. The molecule has 0 spiro atoms. The van der Waals surface area contributed by atoms with Gasteiger partial charge in [0.05, 0.1) is 17.8 Å². The summed E-state index contributed by atoms with van der Waals surface area (Å²) in [4.78, 5) is 41.6. The van der Waals surface area contributed by atoms with Crippen molar-refractivity contribution in [3.63, 3.8) is 0 Å². The number of aryl methyl sites for hydroxylation is 1. The molecule has 0 bridgehead atoms. The number of aromatic carboxylic acids is 1. The number of rotatable bonds is 7. The standard InChI is InChI=1S/C26H19F4N5O5/c27-17-5-1-13(9-21(17)40-26(28,29)30)12-31-23(36)19-11-20(35-22(33-19)7-8-32-35)24(37)34-18-6-3-14-10-15(25(38)39)2-4-16(14)18/h1-2,4-5,7-11,18H,3,6,12H2,(H,31,36)(H,34,37)(H,38,39)/t18-/m0/s1. The maximum Gasteiger partial charge on any atom is 0.573 e. The molecule has 2 aromatic carbocycles. The van der Waals surface area contributed by atoms with Crippen molar-refractivity contribution < 1.29 is 41.8 Å². The molecule has 2 heterocycles. The number of hydrogen-bond donors (Lipinski definition) is 3. The van der Waals surface area contributed by atoms with Gasteiger partial charge in [0.25, 0.3) is 11.8 Å². The van der Waals surface area contributed by atoms with Gasteiger partial charge >= 0.3 is 12.3 Å². The van der Waals surface area contributed by atoms with E-state index in [0.29, 0.717) is 12.8 Å². The number of ether oxygens (including phenoxy) is 1. The molecule has 1 aliphatic carbocycles. The fourth-order valence-corrected chi connectivity index (χ4v) is 4.46. The quantitative estimate of drug-likeness (QED) is 0.294. The lowest BCUT2D eigenvalue weighted by Crippen LogP contribution is -2.30. The number of benzene rings is 2. The first kappa shape index (κ1) is 26.6. The van der Waals surface area contributed by atoms with E-state index in [4.69, 9.17) is 0 Å². The maximum absolute atomic E-state index is 13.7. The smallest absolute Gasteiger partial charge is 0.478 e. The van der Waals surface area contributed by atoms with E-state index < -0.39 is 41.8 Å². The zero-order valence-electron chi connectivity index (χ0n) is 20.3. The van der Waals surface area contributed by atoms with Gasteiger partial charge in [-0.3, -0.25) is 9.59 Å². The minimum Gasteiger partial charge on any atom is -0.478 e. The Bertz CT molecular complexity index is 1650. The number of amides is 2. The molecule has 5 rings (SSSR count). The number of nitrogens with zero attached hydrogens (tertiary/aromatic N) is 3. The lowest BCUT2D eigenvalue weighted by Gasteiger charge is -2.15. The van der Waals surface area contributed by atoms with E-state index in [9.17, 15) is 37.1 Å². The molecule has 10 nitrogen and oxygen atoms in total. The summed E-state index contributed by atoms with van der Waals surface area (Å²) in [5.74, 6) is -4.60. The lowest BCUT2D eigenvalue weighted by molar-refractivity contribution is -0.275. The molecule has 0 saturated carbocycles. The summed E-state index contributed by atoms with van der Waals surface area (Å²) in [7, 11) is 0. The predicted molar refractivity (Wildman–Crippen MR) is 129 cm³/mol. The van der Waals surface area contributed by atoms with E-state index in [1.165, 1.54) is 35.0 Å². The molecule has 0 aliphatic heterocycles. The molecule has 0 radical (unpaired) electrons. The Labute approximate surface area is 222 Å². The Balaban J connectivity index is 1.33. The van der Waals surface area contributed by atoms with Crippen LogP contribution in [0.25, 0.3) is 5.65 Å². The Morgan fingerprint density at radius 1 is 1.07 bits per heavy atom. The van der Waals surface area contributed by atoms with Crippen LogP contribution in [0.2, 0.25) is 0 Å². The van der Waals surface area contributed by atoms with Gasteiger partial charge in [-0.1, -0.05) is 12.1 Å². The third kappa shape index (κ3) is 5.55. The van der Waals surface area contributed by atoms with Crippen molar-refractivity contribution >= 4 is 23.4 Å². The van der Waals surface area contributed by atoms with Gasteiger partial charge in [0.2, 0.25) is 0 Å². The van der Waals surface area contributed by atoms with Gasteiger partial charge in [0.1, 0.15) is 11.4 Å². The molecular weight excluding hydrogens is 538 g/mol. The number of carboxylic acids is 1. The van der Waals surface area contributed by atoms with Crippen LogP contribution >= 0.6 is 0 Å². The zero-order chi connectivity index (χ0) is 28.6. The van der Waals surface area contributed by atoms with Crippen molar-refractivity contribution in [1.82, 2.24) is 25.2 Å². The molecule has 0 unspecified atom stereocenters. The molecule has 40 heavy (non-hydrogen) atoms. The molecule has 206 valence electrons. The second kappa shape index (κ2) is 10.3. The fourth-order valence-electron chi connectivity index (χ4n) is 4.46. The highest BCUT2D eigenvalue weighted by Crippen LogP contribution is 2.32. The van der Waals surface area contributed by atoms with Gasteiger partial charge in [-0.2, -0.15) is 5.10 Å². The number of alkyl halides is 3. The summed E-state index contributed by atoms with van der Waals surface area (Å²) in [6, 6.07) is 9.78. The summed E-state index contributed by atoms with van der Waals surface area (Å²) < 4.78 is 56.1. The van der Waals surface area contributed by atoms with E-state index >= 15 is 0 Å². The van der Waals surface area contributed by atoms with Gasteiger partial charge in [0, 0.05) is 18.7 Å². The van der Waals surface area contributed by atoms with Crippen LogP contribution in [-0.2, 0) is 13.0 Å². The molecule has 3 N–H and O–H groups in total.